The maximum absolute atomic E-state index is 12.5. The molecule has 0 bridgehead atoms. The first-order valence-electron chi connectivity index (χ1n) is 10.8. The quantitative estimate of drug-likeness (QED) is 0.382. The number of nitrogens with one attached hydrogen (secondary N) is 2. The molecule has 11 heteroatoms. The van der Waals surface area contributed by atoms with Crippen LogP contribution in [-0.4, -0.2) is 43.5 Å². The average molecular weight is 483 g/mol. The van der Waals surface area contributed by atoms with Crippen molar-refractivity contribution in [1.29, 1.82) is 0 Å². The number of ether oxygens (including phenoxy) is 3. The molecule has 0 aliphatic heterocycles. The van der Waals surface area contributed by atoms with Crippen LogP contribution in [0, 0.1) is 5.92 Å². The van der Waals surface area contributed by atoms with Crippen molar-refractivity contribution in [1.82, 2.24) is 5.32 Å². The highest BCUT2D eigenvalue weighted by Crippen LogP contribution is 2.32. The Morgan fingerprint density at radius 2 is 1.88 bits per heavy atom. The van der Waals surface area contributed by atoms with Crippen LogP contribution in [-0.2, 0) is 0 Å². The molecule has 34 heavy (non-hydrogen) atoms. The van der Waals surface area contributed by atoms with Gasteiger partial charge in [0.2, 0.25) is 5.91 Å². The van der Waals surface area contributed by atoms with Gasteiger partial charge in [-0.2, -0.15) is 0 Å². The first-order chi connectivity index (χ1) is 16.1. The van der Waals surface area contributed by atoms with Gasteiger partial charge in [0.25, 0.3) is 0 Å². The van der Waals surface area contributed by atoms with Crippen LogP contribution in [0.15, 0.2) is 42.5 Å². The topological polar surface area (TPSA) is 115 Å². The molecule has 0 aromatic heterocycles. The van der Waals surface area contributed by atoms with Gasteiger partial charge in [-0.25, -0.2) is 0 Å². The maximum atomic E-state index is 12.5. The summed E-state index contributed by atoms with van der Waals surface area (Å²) in [4.78, 5) is 11.3. The molecule has 0 spiro atoms. The fourth-order valence-corrected chi connectivity index (χ4v) is 3.86. The zero-order valence-electron chi connectivity index (χ0n) is 18.6. The van der Waals surface area contributed by atoms with Crippen LogP contribution in [0.3, 0.4) is 0 Å². The van der Waals surface area contributed by atoms with E-state index in [-0.39, 0.29) is 17.5 Å². The average Bonchev–Trinajstić information content (AvgIpc) is 2.78. The van der Waals surface area contributed by atoms with E-state index in [4.69, 9.17) is 15.2 Å². The minimum atomic E-state index is -4.82. The molecule has 1 aliphatic rings. The molecule has 0 radical (unpaired) electrons. The molecule has 1 fully saturated rings. The SMILES string of the molecule is COc1ccc(OC(F)(F)F)cc1NC(O)NC1CCC(COc2cccc(C(N)=O)c2)CC1. The molecule has 5 N–H and O–H groups in total. The highest BCUT2D eigenvalue weighted by Gasteiger charge is 2.31. The number of alkyl halides is 3. The van der Waals surface area contributed by atoms with Crippen molar-refractivity contribution in [3.63, 3.8) is 0 Å². The van der Waals surface area contributed by atoms with Gasteiger partial charge in [0, 0.05) is 17.7 Å². The number of carbonyl (C=O) groups excluding carboxylic acids is 1. The third kappa shape index (κ3) is 7.70. The van der Waals surface area contributed by atoms with Crippen molar-refractivity contribution in [2.75, 3.05) is 19.0 Å². The Balaban J connectivity index is 1.46. The van der Waals surface area contributed by atoms with Crippen LogP contribution in [0.1, 0.15) is 36.0 Å². The molecule has 1 saturated carbocycles. The van der Waals surface area contributed by atoms with Crippen molar-refractivity contribution in [2.45, 2.75) is 44.4 Å². The van der Waals surface area contributed by atoms with Crippen LogP contribution in [0.25, 0.3) is 0 Å². The lowest BCUT2D eigenvalue weighted by molar-refractivity contribution is -0.274. The Kier molecular flexibility index (Phi) is 8.46. The Morgan fingerprint density at radius 3 is 2.53 bits per heavy atom. The largest absolute Gasteiger partial charge is 0.573 e. The third-order valence-electron chi connectivity index (χ3n) is 5.54. The number of carbonyl (C=O) groups is 1. The number of rotatable bonds is 10. The Labute approximate surface area is 195 Å². The summed E-state index contributed by atoms with van der Waals surface area (Å²) < 4.78 is 52.4. The number of methoxy groups -OCH3 is 1. The Morgan fingerprint density at radius 1 is 1.15 bits per heavy atom. The standard InChI is InChI=1S/C23H28F3N3O5/c1-32-20-10-9-18(34-23(24,25)26)12-19(20)29-22(31)28-16-7-5-14(6-8-16)13-33-17-4-2-3-15(11-17)21(27)30/h2-4,9-12,14,16,22,28-29,31H,5-8,13H2,1H3,(H2,27,30). The molecule has 3 rings (SSSR count). The van der Waals surface area contributed by atoms with Gasteiger partial charge < -0.3 is 30.4 Å². The molecule has 186 valence electrons. The van der Waals surface area contributed by atoms with E-state index in [1.807, 2.05) is 0 Å². The van der Waals surface area contributed by atoms with Gasteiger partial charge in [0.1, 0.15) is 17.2 Å². The summed E-state index contributed by atoms with van der Waals surface area (Å²) in [7, 11) is 1.37. The van der Waals surface area contributed by atoms with Gasteiger partial charge in [-0.1, -0.05) is 6.07 Å². The number of benzene rings is 2. The second-order valence-electron chi connectivity index (χ2n) is 8.04. The zero-order chi connectivity index (χ0) is 24.7. The molecule has 1 atom stereocenters. The Bertz CT molecular complexity index is 965. The molecule has 8 nitrogen and oxygen atoms in total. The second-order valence-corrected chi connectivity index (χ2v) is 8.04. The molecule has 2 aromatic rings. The second kappa shape index (κ2) is 11.3. The summed E-state index contributed by atoms with van der Waals surface area (Å²) >= 11 is 0. The van der Waals surface area contributed by atoms with E-state index in [9.17, 15) is 23.1 Å². The number of anilines is 1. The molecule has 1 amide bonds. The van der Waals surface area contributed by atoms with Crippen molar-refractivity contribution < 1.29 is 37.3 Å². The van der Waals surface area contributed by atoms with Crippen LogP contribution in [0.4, 0.5) is 18.9 Å². The summed E-state index contributed by atoms with van der Waals surface area (Å²) in [5.74, 6) is 0.224. The summed E-state index contributed by atoms with van der Waals surface area (Å²) in [6, 6.07) is 10.3. The van der Waals surface area contributed by atoms with Gasteiger partial charge in [-0.15, -0.1) is 13.2 Å². The number of aliphatic hydroxyl groups excluding tert-OH is 1. The molecular weight excluding hydrogens is 455 g/mol. The number of amides is 1. The van der Waals surface area contributed by atoms with Crippen LogP contribution >= 0.6 is 0 Å². The number of halogens is 3. The minimum Gasteiger partial charge on any atom is -0.495 e. The predicted molar refractivity (Wildman–Crippen MR) is 119 cm³/mol. The van der Waals surface area contributed by atoms with E-state index in [1.165, 1.54) is 13.2 Å². The number of hydrogen-bond acceptors (Lipinski definition) is 7. The molecule has 0 saturated heterocycles. The van der Waals surface area contributed by atoms with Crippen molar-refractivity contribution in [3.8, 4) is 17.2 Å². The Hall–Kier alpha value is -3.18. The molecule has 1 unspecified atom stereocenters. The van der Waals surface area contributed by atoms with E-state index in [0.29, 0.717) is 23.8 Å². The number of nitrogens with two attached hydrogens (primary N) is 1. The lowest BCUT2D eigenvalue weighted by atomic mass is 9.86. The first kappa shape index (κ1) is 25.4. The number of aliphatic hydroxyl groups is 1. The third-order valence-corrected chi connectivity index (χ3v) is 5.54. The zero-order valence-corrected chi connectivity index (χ0v) is 18.6. The summed E-state index contributed by atoms with van der Waals surface area (Å²) in [5, 5.41) is 16.1. The maximum Gasteiger partial charge on any atom is 0.573 e. The number of primary amides is 1. The van der Waals surface area contributed by atoms with E-state index < -0.39 is 24.4 Å². The first-order valence-corrected chi connectivity index (χ1v) is 10.8. The van der Waals surface area contributed by atoms with Gasteiger partial charge >= 0.3 is 6.36 Å². The molecule has 0 heterocycles. The van der Waals surface area contributed by atoms with E-state index in [2.05, 4.69) is 15.4 Å². The summed E-state index contributed by atoms with van der Waals surface area (Å²) in [5.41, 5.74) is 5.83. The smallest absolute Gasteiger partial charge is 0.495 e. The highest BCUT2D eigenvalue weighted by atomic mass is 19.4. The lowest BCUT2D eigenvalue weighted by Crippen LogP contribution is -2.45. The van der Waals surface area contributed by atoms with Gasteiger partial charge in [-0.3, -0.25) is 10.1 Å². The van der Waals surface area contributed by atoms with Crippen molar-refractivity contribution >= 4 is 11.6 Å². The van der Waals surface area contributed by atoms with Gasteiger partial charge in [0.05, 0.1) is 19.4 Å². The van der Waals surface area contributed by atoms with Crippen LogP contribution < -0.4 is 30.6 Å². The fourth-order valence-electron chi connectivity index (χ4n) is 3.86. The fraction of sp³-hybridized carbons (Fsp3) is 0.435. The normalized spacial score (nSPS) is 19.2. The predicted octanol–water partition coefficient (Wildman–Crippen LogP) is 3.61. The van der Waals surface area contributed by atoms with Gasteiger partial charge in [0.15, 0.2) is 6.35 Å². The van der Waals surface area contributed by atoms with E-state index in [0.717, 1.165) is 37.8 Å². The lowest BCUT2D eigenvalue weighted by Gasteiger charge is -2.31. The minimum absolute atomic E-state index is 0.0116. The van der Waals surface area contributed by atoms with E-state index >= 15 is 0 Å². The molecular formula is C23H28F3N3O5. The van der Waals surface area contributed by atoms with Crippen LogP contribution in [0.5, 0.6) is 17.2 Å². The van der Waals surface area contributed by atoms with Crippen molar-refractivity contribution in [3.05, 3.63) is 48.0 Å². The molecule has 2 aromatic carbocycles. The summed E-state index contributed by atoms with van der Waals surface area (Å²) in [6.45, 7) is 0.499. The van der Waals surface area contributed by atoms with Crippen LogP contribution in [0.2, 0.25) is 0 Å². The van der Waals surface area contributed by atoms with Gasteiger partial charge in [-0.05, 0) is 61.9 Å². The monoisotopic (exact) mass is 483 g/mol. The number of hydrogen-bond donors (Lipinski definition) is 4. The highest BCUT2D eigenvalue weighted by molar-refractivity contribution is 5.93. The van der Waals surface area contributed by atoms with E-state index in [1.54, 1.807) is 24.3 Å². The molecule has 1 aliphatic carbocycles. The van der Waals surface area contributed by atoms with Crippen molar-refractivity contribution in [2.24, 2.45) is 11.7 Å². The summed E-state index contributed by atoms with van der Waals surface area (Å²) in [6.07, 6.45) is -2.75.